The second-order valence-corrected chi connectivity index (χ2v) is 8.21. The maximum atomic E-state index is 12.1. The Morgan fingerprint density at radius 3 is 2.90 bits per heavy atom. The predicted molar refractivity (Wildman–Crippen MR) is 81.5 cm³/mol. The van der Waals surface area contributed by atoms with E-state index in [2.05, 4.69) is 5.32 Å². The zero-order chi connectivity index (χ0) is 15.1. The third-order valence-corrected chi connectivity index (χ3v) is 6.87. The summed E-state index contributed by atoms with van der Waals surface area (Å²) in [6.45, 7) is 3.45. The number of β-lactam (4-membered cyclic amide) rings is 1. The van der Waals surface area contributed by atoms with E-state index < -0.39 is 18.0 Å². The van der Waals surface area contributed by atoms with Gasteiger partial charge in [0.15, 0.2) is 5.70 Å². The zero-order valence-corrected chi connectivity index (χ0v) is 13.2. The lowest BCUT2D eigenvalue weighted by Crippen LogP contribution is -2.60. The molecule has 0 radical (unpaired) electrons. The minimum Gasteiger partial charge on any atom is -0.477 e. The standard InChI is InChI=1S/C13H18N2O4S2/c1-6(16)8-10(17)15-9(12(18)19)13(21-11(8)15)20-7-3-2-4-14-5-7/h6-8,11,14,16H,2-5H2,1H3,(H,18,19)/t6?,7?,8?,11-/m1/s1. The van der Waals surface area contributed by atoms with Crippen LogP contribution in [0.2, 0.25) is 0 Å². The van der Waals surface area contributed by atoms with E-state index in [-0.39, 0.29) is 17.0 Å². The fraction of sp³-hybridized carbons (Fsp3) is 0.692. The molecule has 0 spiro atoms. The molecule has 3 N–H and O–H groups in total. The molecule has 0 aliphatic carbocycles. The van der Waals surface area contributed by atoms with Crippen molar-refractivity contribution in [3.8, 4) is 0 Å². The molecule has 0 aromatic rings. The van der Waals surface area contributed by atoms with Gasteiger partial charge in [0.25, 0.3) is 0 Å². The Kier molecular flexibility index (Phi) is 4.22. The Hall–Kier alpha value is -0.700. The number of thioether (sulfide) groups is 2. The van der Waals surface area contributed by atoms with Crippen molar-refractivity contribution in [1.29, 1.82) is 0 Å². The van der Waals surface area contributed by atoms with Crippen LogP contribution in [-0.4, -0.2) is 56.8 Å². The zero-order valence-electron chi connectivity index (χ0n) is 11.6. The molecule has 2 saturated heterocycles. The van der Waals surface area contributed by atoms with Crippen LogP contribution in [0.3, 0.4) is 0 Å². The van der Waals surface area contributed by atoms with Gasteiger partial charge in [0.05, 0.1) is 16.3 Å². The lowest BCUT2D eigenvalue weighted by atomic mass is 9.92. The van der Waals surface area contributed by atoms with Crippen LogP contribution in [0, 0.1) is 5.92 Å². The fourth-order valence-electron chi connectivity index (χ4n) is 2.90. The molecule has 3 heterocycles. The number of aliphatic hydroxyl groups is 1. The van der Waals surface area contributed by atoms with Gasteiger partial charge in [-0.1, -0.05) is 11.8 Å². The number of hydrogen-bond donors (Lipinski definition) is 3. The number of hydrogen-bond acceptors (Lipinski definition) is 6. The average molecular weight is 330 g/mol. The molecule has 0 bridgehead atoms. The SMILES string of the molecule is CC(O)C1C(=O)N2C(C(=O)O)=C(SC3CCCNC3)S[C@H]12. The molecule has 3 aliphatic heterocycles. The Bertz CT molecular complexity index is 502. The molecule has 3 rings (SSSR count). The van der Waals surface area contributed by atoms with Gasteiger partial charge < -0.3 is 15.5 Å². The number of carboxylic acids is 1. The number of carboxylic acid groups (broad SMARTS) is 1. The van der Waals surface area contributed by atoms with Crippen molar-refractivity contribution in [1.82, 2.24) is 10.2 Å². The largest absolute Gasteiger partial charge is 0.477 e. The van der Waals surface area contributed by atoms with Gasteiger partial charge >= 0.3 is 5.97 Å². The fourth-order valence-corrected chi connectivity index (χ4v) is 6.24. The highest BCUT2D eigenvalue weighted by molar-refractivity contribution is 8.23. The van der Waals surface area contributed by atoms with Crippen LogP contribution in [0.25, 0.3) is 0 Å². The number of nitrogens with one attached hydrogen (secondary N) is 1. The number of rotatable bonds is 4. The van der Waals surface area contributed by atoms with E-state index in [4.69, 9.17) is 0 Å². The van der Waals surface area contributed by atoms with Crippen LogP contribution in [0.15, 0.2) is 9.93 Å². The minimum absolute atomic E-state index is 0.0995. The summed E-state index contributed by atoms with van der Waals surface area (Å²) < 4.78 is 0.706. The van der Waals surface area contributed by atoms with Crippen molar-refractivity contribution in [3.05, 3.63) is 9.93 Å². The monoisotopic (exact) mass is 330 g/mol. The van der Waals surface area contributed by atoms with Gasteiger partial charge in [-0.05, 0) is 26.3 Å². The lowest BCUT2D eigenvalue weighted by Gasteiger charge is -2.43. The van der Waals surface area contributed by atoms with E-state index in [1.807, 2.05) is 0 Å². The number of carbonyl (C=O) groups excluding carboxylic acids is 1. The van der Waals surface area contributed by atoms with E-state index in [9.17, 15) is 19.8 Å². The summed E-state index contributed by atoms with van der Waals surface area (Å²) in [6, 6.07) is 0. The molecule has 116 valence electrons. The third kappa shape index (κ3) is 2.58. The first-order valence-corrected chi connectivity index (χ1v) is 8.79. The van der Waals surface area contributed by atoms with Crippen LogP contribution in [0.1, 0.15) is 19.8 Å². The number of amides is 1. The Balaban J connectivity index is 1.79. The van der Waals surface area contributed by atoms with E-state index in [1.165, 1.54) is 16.7 Å². The number of carbonyl (C=O) groups is 2. The minimum atomic E-state index is -1.06. The van der Waals surface area contributed by atoms with Gasteiger partial charge in [-0.3, -0.25) is 9.69 Å². The van der Waals surface area contributed by atoms with Gasteiger partial charge in [-0.2, -0.15) is 0 Å². The summed E-state index contributed by atoms with van der Waals surface area (Å²) >= 11 is 2.96. The number of piperidine rings is 1. The molecule has 1 amide bonds. The second kappa shape index (κ2) is 5.83. The van der Waals surface area contributed by atoms with Crippen molar-refractivity contribution >= 4 is 35.4 Å². The normalized spacial score (nSPS) is 33.7. The summed E-state index contributed by atoms with van der Waals surface area (Å²) in [5.41, 5.74) is 0.0995. The average Bonchev–Trinajstić information content (AvgIpc) is 2.74. The topological polar surface area (TPSA) is 89.9 Å². The maximum absolute atomic E-state index is 12.1. The van der Waals surface area contributed by atoms with Crippen molar-refractivity contribution in [2.45, 2.75) is 36.5 Å². The van der Waals surface area contributed by atoms with Crippen molar-refractivity contribution in [3.63, 3.8) is 0 Å². The van der Waals surface area contributed by atoms with Gasteiger partial charge in [-0.25, -0.2) is 4.79 Å². The Morgan fingerprint density at radius 2 is 2.33 bits per heavy atom. The Labute approximate surface area is 131 Å². The van der Waals surface area contributed by atoms with Crippen LogP contribution >= 0.6 is 23.5 Å². The molecule has 6 nitrogen and oxygen atoms in total. The second-order valence-electron chi connectivity index (χ2n) is 5.51. The summed E-state index contributed by atoms with van der Waals surface area (Å²) in [5.74, 6) is -1.84. The first-order chi connectivity index (χ1) is 10.0. The van der Waals surface area contributed by atoms with Gasteiger partial charge in [0.1, 0.15) is 5.37 Å². The van der Waals surface area contributed by atoms with Crippen LogP contribution in [0.4, 0.5) is 0 Å². The number of fused-ring (bicyclic) bond motifs is 1. The van der Waals surface area contributed by atoms with Crippen LogP contribution < -0.4 is 5.32 Å². The van der Waals surface area contributed by atoms with E-state index >= 15 is 0 Å². The highest BCUT2D eigenvalue weighted by Crippen LogP contribution is 2.54. The quantitative estimate of drug-likeness (QED) is 0.652. The van der Waals surface area contributed by atoms with Gasteiger partial charge in [0, 0.05) is 11.8 Å². The molecule has 8 heteroatoms. The predicted octanol–water partition coefficient (Wildman–Crippen LogP) is 0.637. The first kappa shape index (κ1) is 15.2. The molecule has 0 aromatic heterocycles. The molecule has 3 unspecified atom stereocenters. The van der Waals surface area contributed by atoms with Crippen LogP contribution in [0.5, 0.6) is 0 Å². The number of aliphatic hydroxyl groups excluding tert-OH is 1. The molecule has 4 atom stereocenters. The molecule has 21 heavy (non-hydrogen) atoms. The van der Waals surface area contributed by atoms with Gasteiger partial charge in [0.2, 0.25) is 5.91 Å². The summed E-state index contributed by atoms with van der Waals surface area (Å²) in [4.78, 5) is 24.9. The lowest BCUT2D eigenvalue weighted by molar-refractivity contribution is -0.156. The van der Waals surface area contributed by atoms with E-state index in [0.29, 0.717) is 9.49 Å². The Morgan fingerprint density at radius 1 is 1.57 bits per heavy atom. The molecular weight excluding hydrogens is 312 g/mol. The maximum Gasteiger partial charge on any atom is 0.354 e. The summed E-state index contributed by atoms with van der Waals surface area (Å²) in [5, 5.41) is 22.5. The van der Waals surface area contributed by atoms with E-state index in [1.54, 1.807) is 18.7 Å². The molecular formula is C13H18N2O4S2. The summed E-state index contributed by atoms with van der Waals surface area (Å²) in [7, 11) is 0. The first-order valence-electron chi connectivity index (χ1n) is 7.03. The summed E-state index contributed by atoms with van der Waals surface area (Å²) in [6.07, 6.45) is 1.38. The van der Waals surface area contributed by atoms with Crippen molar-refractivity contribution in [2.24, 2.45) is 5.92 Å². The molecule has 2 fully saturated rings. The van der Waals surface area contributed by atoms with Crippen molar-refractivity contribution < 1.29 is 19.8 Å². The van der Waals surface area contributed by atoms with Crippen molar-refractivity contribution in [2.75, 3.05) is 13.1 Å². The molecule has 0 aromatic carbocycles. The highest BCUT2D eigenvalue weighted by atomic mass is 32.2. The highest BCUT2D eigenvalue weighted by Gasteiger charge is 2.57. The van der Waals surface area contributed by atoms with Gasteiger partial charge in [-0.15, -0.1) is 11.8 Å². The van der Waals surface area contributed by atoms with E-state index in [0.717, 1.165) is 25.9 Å². The molecule has 0 saturated carbocycles. The molecule has 3 aliphatic rings. The number of aliphatic carboxylic acids is 1. The third-order valence-electron chi connectivity index (χ3n) is 3.99. The van der Waals surface area contributed by atoms with Crippen LogP contribution in [-0.2, 0) is 9.59 Å². The number of nitrogens with zero attached hydrogens (tertiary/aromatic N) is 1. The smallest absolute Gasteiger partial charge is 0.354 e.